The number of benzene rings is 1. The van der Waals surface area contributed by atoms with Crippen molar-refractivity contribution in [3.8, 4) is 5.75 Å². The molecule has 2 aromatic rings. The number of anilines is 1. The number of hydrogen-bond donors (Lipinski definition) is 3. The minimum atomic E-state index is -0.540. The summed E-state index contributed by atoms with van der Waals surface area (Å²) in [6.07, 6.45) is 0. The smallest absolute Gasteiger partial charge is 0.264 e. The van der Waals surface area contributed by atoms with Crippen molar-refractivity contribution in [3.63, 3.8) is 0 Å². The van der Waals surface area contributed by atoms with Crippen LogP contribution in [0.1, 0.15) is 26.4 Å². The van der Waals surface area contributed by atoms with Gasteiger partial charge in [-0.1, -0.05) is 18.2 Å². The Morgan fingerprint density at radius 1 is 1.24 bits per heavy atom. The number of nitrogens with two attached hydrogens (primary N) is 1. The number of aryl methyl sites for hydroxylation is 2. The number of rotatable bonds is 5. The van der Waals surface area contributed by atoms with Crippen LogP contribution in [0, 0.1) is 20.8 Å². The third-order valence-corrected chi connectivity index (χ3v) is 4.89. The first kappa shape index (κ1) is 18.9. The van der Waals surface area contributed by atoms with Gasteiger partial charge in [0, 0.05) is 4.88 Å². The maximum atomic E-state index is 12.0. The second kappa shape index (κ2) is 8.09. The summed E-state index contributed by atoms with van der Waals surface area (Å²) in [5.41, 5.74) is 7.53. The molecule has 0 atom stereocenters. The first-order chi connectivity index (χ1) is 11.8. The highest BCUT2D eigenvalue weighted by Crippen LogP contribution is 2.31. The lowest BCUT2D eigenvalue weighted by Crippen LogP contribution is -2.37. The van der Waals surface area contributed by atoms with E-state index >= 15 is 0 Å². The van der Waals surface area contributed by atoms with Gasteiger partial charge < -0.3 is 15.8 Å². The molecule has 25 heavy (non-hydrogen) atoms. The highest BCUT2D eigenvalue weighted by molar-refractivity contribution is 7.80. The number of carbonyl (C=O) groups excluding carboxylic acids is 2. The normalized spacial score (nSPS) is 10.2. The van der Waals surface area contributed by atoms with Gasteiger partial charge in [-0.05, 0) is 50.2 Å². The molecule has 0 spiro atoms. The van der Waals surface area contributed by atoms with Gasteiger partial charge in [-0.25, -0.2) is 0 Å². The van der Waals surface area contributed by atoms with Crippen molar-refractivity contribution in [2.45, 2.75) is 20.8 Å². The first-order valence-corrected chi connectivity index (χ1v) is 8.71. The lowest BCUT2D eigenvalue weighted by atomic mass is 10.1. The summed E-state index contributed by atoms with van der Waals surface area (Å²) < 4.78 is 5.46. The zero-order valence-corrected chi connectivity index (χ0v) is 15.8. The molecule has 1 heterocycles. The van der Waals surface area contributed by atoms with Gasteiger partial charge in [0.2, 0.25) is 0 Å². The Morgan fingerprint density at radius 3 is 2.56 bits per heavy atom. The maximum absolute atomic E-state index is 12.0. The Morgan fingerprint density at radius 2 is 1.92 bits per heavy atom. The van der Waals surface area contributed by atoms with Crippen LogP contribution in [0.25, 0.3) is 0 Å². The van der Waals surface area contributed by atoms with E-state index < -0.39 is 11.8 Å². The molecule has 6 nitrogen and oxygen atoms in total. The van der Waals surface area contributed by atoms with Crippen LogP contribution in [0.2, 0.25) is 0 Å². The van der Waals surface area contributed by atoms with E-state index in [2.05, 4.69) is 10.6 Å². The van der Waals surface area contributed by atoms with Crippen molar-refractivity contribution >= 4 is 45.5 Å². The number of hydrogen-bond acceptors (Lipinski definition) is 5. The second-order valence-electron chi connectivity index (χ2n) is 5.41. The Kier molecular flexibility index (Phi) is 6.11. The molecule has 0 aliphatic heterocycles. The fourth-order valence-electron chi connectivity index (χ4n) is 2.17. The van der Waals surface area contributed by atoms with Crippen molar-refractivity contribution in [1.82, 2.24) is 5.32 Å². The van der Waals surface area contributed by atoms with E-state index in [1.165, 1.54) is 11.3 Å². The minimum Gasteiger partial charge on any atom is -0.483 e. The number of nitrogens with one attached hydrogen (secondary N) is 2. The summed E-state index contributed by atoms with van der Waals surface area (Å²) in [4.78, 5) is 24.5. The first-order valence-electron chi connectivity index (χ1n) is 7.48. The van der Waals surface area contributed by atoms with Crippen LogP contribution in [0.3, 0.4) is 0 Å². The third kappa shape index (κ3) is 4.77. The molecule has 132 valence electrons. The molecule has 1 aromatic carbocycles. The SMILES string of the molecule is Cc1ccccc1OCC(=O)NC(=S)Nc1sc(C)c(C)c1C(N)=O. The van der Waals surface area contributed by atoms with Crippen molar-refractivity contribution in [1.29, 1.82) is 0 Å². The Hall–Kier alpha value is -2.45. The van der Waals surface area contributed by atoms with Gasteiger partial charge in [0.1, 0.15) is 10.8 Å². The number of ether oxygens (including phenoxy) is 1. The van der Waals surface area contributed by atoms with E-state index in [0.717, 1.165) is 16.0 Å². The summed E-state index contributed by atoms with van der Waals surface area (Å²) in [5.74, 6) is -0.301. The van der Waals surface area contributed by atoms with Crippen molar-refractivity contribution in [2.75, 3.05) is 11.9 Å². The number of carbonyl (C=O) groups is 2. The fraction of sp³-hybridized carbons (Fsp3) is 0.235. The maximum Gasteiger partial charge on any atom is 0.264 e. The minimum absolute atomic E-state index is 0.0853. The number of para-hydroxylation sites is 1. The highest BCUT2D eigenvalue weighted by Gasteiger charge is 2.18. The Bertz CT molecular complexity index is 831. The van der Waals surface area contributed by atoms with Crippen molar-refractivity contribution in [3.05, 3.63) is 45.8 Å². The molecule has 2 rings (SSSR count). The van der Waals surface area contributed by atoms with Crippen LogP contribution >= 0.6 is 23.6 Å². The Balaban J connectivity index is 1.94. The highest BCUT2D eigenvalue weighted by atomic mass is 32.1. The van der Waals surface area contributed by atoms with E-state index in [-0.39, 0.29) is 11.7 Å². The van der Waals surface area contributed by atoms with Gasteiger partial charge in [0.15, 0.2) is 11.7 Å². The van der Waals surface area contributed by atoms with E-state index in [0.29, 0.717) is 16.3 Å². The molecule has 0 saturated heterocycles. The average molecular weight is 377 g/mol. The largest absolute Gasteiger partial charge is 0.483 e. The van der Waals surface area contributed by atoms with E-state index in [1.807, 2.05) is 39.0 Å². The summed E-state index contributed by atoms with van der Waals surface area (Å²) in [6.45, 7) is 5.42. The monoisotopic (exact) mass is 377 g/mol. The molecule has 1 aromatic heterocycles. The number of thiocarbonyl (C=S) groups is 1. The topological polar surface area (TPSA) is 93.4 Å². The predicted octanol–water partition coefficient (Wildman–Crippen LogP) is 2.66. The van der Waals surface area contributed by atoms with Crippen LogP contribution in [-0.4, -0.2) is 23.5 Å². The molecule has 0 bridgehead atoms. The lowest BCUT2D eigenvalue weighted by molar-refractivity contribution is -0.121. The molecule has 0 radical (unpaired) electrons. The summed E-state index contributed by atoms with van der Waals surface area (Å²) in [7, 11) is 0. The van der Waals surface area contributed by atoms with E-state index in [9.17, 15) is 9.59 Å². The molecule has 0 unspecified atom stereocenters. The van der Waals surface area contributed by atoms with Crippen LogP contribution in [0.15, 0.2) is 24.3 Å². The number of amides is 2. The standard InChI is InChI=1S/C17H19N3O3S2/c1-9-6-4-5-7-12(9)23-8-13(21)19-17(24)20-16-14(15(18)22)10(2)11(3)25-16/h4-7H,8H2,1-3H3,(H2,18,22)(H2,19,20,21,24). The van der Waals surface area contributed by atoms with E-state index in [1.54, 1.807) is 6.07 Å². The fourth-order valence-corrected chi connectivity index (χ4v) is 3.52. The molecule has 8 heteroatoms. The van der Waals surface area contributed by atoms with Crippen LogP contribution in [0.4, 0.5) is 5.00 Å². The lowest BCUT2D eigenvalue weighted by Gasteiger charge is -2.11. The molecule has 0 aliphatic carbocycles. The predicted molar refractivity (Wildman–Crippen MR) is 103 cm³/mol. The molecule has 0 fully saturated rings. The van der Waals surface area contributed by atoms with Crippen molar-refractivity contribution in [2.24, 2.45) is 5.73 Å². The van der Waals surface area contributed by atoms with Crippen LogP contribution in [0.5, 0.6) is 5.75 Å². The van der Waals surface area contributed by atoms with Crippen molar-refractivity contribution < 1.29 is 14.3 Å². The molecule has 2 amide bonds. The number of primary amides is 1. The zero-order valence-electron chi connectivity index (χ0n) is 14.1. The summed E-state index contributed by atoms with van der Waals surface area (Å²) >= 11 is 6.48. The van der Waals surface area contributed by atoms with Crippen LogP contribution in [-0.2, 0) is 4.79 Å². The molecular formula is C17H19N3O3S2. The Labute approximate surface area is 155 Å². The molecular weight excluding hydrogens is 358 g/mol. The van der Waals surface area contributed by atoms with Gasteiger partial charge in [-0.2, -0.15) is 0 Å². The second-order valence-corrected chi connectivity index (χ2v) is 7.04. The average Bonchev–Trinajstić information content (AvgIpc) is 2.80. The molecule has 0 aliphatic rings. The quantitative estimate of drug-likeness (QED) is 0.697. The van der Waals surface area contributed by atoms with Gasteiger partial charge in [0.05, 0.1) is 5.56 Å². The zero-order chi connectivity index (χ0) is 18.6. The molecule has 4 N–H and O–H groups in total. The van der Waals surface area contributed by atoms with Gasteiger partial charge in [0.25, 0.3) is 11.8 Å². The van der Waals surface area contributed by atoms with E-state index in [4.69, 9.17) is 22.7 Å². The van der Waals surface area contributed by atoms with Gasteiger partial charge >= 0.3 is 0 Å². The third-order valence-electron chi connectivity index (χ3n) is 3.56. The molecule has 0 saturated carbocycles. The van der Waals surface area contributed by atoms with Gasteiger partial charge in [-0.3, -0.25) is 14.9 Å². The summed E-state index contributed by atoms with van der Waals surface area (Å²) in [6, 6.07) is 7.41. The number of thiophene rings is 1. The van der Waals surface area contributed by atoms with Gasteiger partial charge in [-0.15, -0.1) is 11.3 Å². The van der Waals surface area contributed by atoms with Crippen LogP contribution < -0.4 is 21.1 Å². The summed E-state index contributed by atoms with van der Waals surface area (Å²) in [5, 5.41) is 5.99.